The molecule has 0 spiro atoms. The van der Waals surface area contributed by atoms with Crippen LogP contribution in [0.1, 0.15) is 32.3 Å². The van der Waals surface area contributed by atoms with Gasteiger partial charge in [0.1, 0.15) is 6.54 Å². The fourth-order valence-corrected chi connectivity index (χ4v) is 3.02. The van der Waals surface area contributed by atoms with Crippen LogP contribution in [0.2, 0.25) is 0 Å². The monoisotopic (exact) mass is 386 g/mol. The minimum absolute atomic E-state index is 0.0243. The zero-order valence-electron chi connectivity index (χ0n) is 16.5. The van der Waals surface area contributed by atoms with Crippen molar-refractivity contribution >= 4 is 12.0 Å². The fraction of sp³-hybridized carbons (Fsp3) is 0.526. The summed E-state index contributed by atoms with van der Waals surface area (Å²) in [5, 5.41) is 12.4. The summed E-state index contributed by atoms with van der Waals surface area (Å²) in [4.78, 5) is 28.9. The first kappa shape index (κ1) is 19.8. The fourth-order valence-electron chi connectivity index (χ4n) is 3.02. The first-order chi connectivity index (χ1) is 13.5. The van der Waals surface area contributed by atoms with Crippen LogP contribution in [0.4, 0.5) is 4.79 Å². The van der Waals surface area contributed by atoms with Gasteiger partial charge in [-0.05, 0) is 23.6 Å². The lowest BCUT2D eigenvalue weighted by Crippen LogP contribution is -2.51. The SMILES string of the molecule is CCOC(=O)N1CCN(C(=O)Cn2nnc(-c3ccc(C(C)C)cc3)n2)CC1. The van der Waals surface area contributed by atoms with Crippen LogP contribution < -0.4 is 0 Å². The lowest BCUT2D eigenvalue weighted by molar-refractivity contribution is -0.133. The molecule has 0 aliphatic carbocycles. The Morgan fingerprint density at radius 1 is 1.07 bits per heavy atom. The van der Waals surface area contributed by atoms with Gasteiger partial charge in [-0.1, -0.05) is 38.1 Å². The van der Waals surface area contributed by atoms with Crippen molar-refractivity contribution in [2.75, 3.05) is 32.8 Å². The van der Waals surface area contributed by atoms with E-state index in [4.69, 9.17) is 4.74 Å². The number of hydrogen-bond donors (Lipinski definition) is 0. The quantitative estimate of drug-likeness (QED) is 0.777. The average Bonchev–Trinajstić information content (AvgIpc) is 3.17. The molecule has 2 aromatic rings. The van der Waals surface area contributed by atoms with Gasteiger partial charge in [0, 0.05) is 31.7 Å². The Morgan fingerprint density at radius 3 is 2.32 bits per heavy atom. The van der Waals surface area contributed by atoms with Crippen LogP contribution >= 0.6 is 0 Å². The number of ether oxygens (including phenoxy) is 1. The van der Waals surface area contributed by atoms with E-state index in [9.17, 15) is 9.59 Å². The Kier molecular flexibility index (Phi) is 6.23. The van der Waals surface area contributed by atoms with Crippen LogP contribution in [-0.2, 0) is 16.1 Å². The number of tetrazole rings is 1. The molecule has 0 saturated carbocycles. The van der Waals surface area contributed by atoms with E-state index in [0.717, 1.165) is 5.56 Å². The second-order valence-corrected chi connectivity index (χ2v) is 6.99. The van der Waals surface area contributed by atoms with Gasteiger partial charge in [-0.25, -0.2) is 4.79 Å². The molecule has 1 fully saturated rings. The zero-order chi connectivity index (χ0) is 20.1. The van der Waals surface area contributed by atoms with Gasteiger partial charge in [0.25, 0.3) is 0 Å². The van der Waals surface area contributed by atoms with E-state index in [1.54, 1.807) is 16.7 Å². The smallest absolute Gasteiger partial charge is 0.409 e. The molecule has 0 radical (unpaired) electrons. The summed E-state index contributed by atoms with van der Waals surface area (Å²) in [5.41, 5.74) is 2.11. The number of carbonyl (C=O) groups excluding carboxylic acids is 2. The molecule has 1 aromatic carbocycles. The highest BCUT2D eigenvalue weighted by Crippen LogP contribution is 2.19. The normalized spacial score (nSPS) is 14.4. The standard InChI is InChI=1S/C19H26N6O3/c1-4-28-19(27)24-11-9-23(10-12-24)17(26)13-25-21-18(20-22-25)16-7-5-15(6-8-16)14(2)3/h5-8,14H,4,9-13H2,1-3H3. The summed E-state index contributed by atoms with van der Waals surface area (Å²) in [5.74, 6) is 0.859. The molecule has 150 valence electrons. The molecular formula is C19H26N6O3. The lowest BCUT2D eigenvalue weighted by atomic mass is 10.0. The number of hydrogen-bond acceptors (Lipinski definition) is 6. The molecule has 1 saturated heterocycles. The molecule has 0 unspecified atom stereocenters. The van der Waals surface area contributed by atoms with Gasteiger partial charge in [0.15, 0.2) is 0 Å². The molecule has 2 amide bonds. The first-order valence-electron chi connectivity index (χ1n) is 9.55. The van der Waals surface area contributed by atoms with Crippen LogP contribution in [0.5, 0.6) is 0 Å². The Hall–Kier alpha value is -2.97. The van der Waals surface area contributed by atoms with E-state index in [-0.39, 0.29) is 18.5 Å². The Balaban J connectivity index is 1.55. The van der Waals surface area contributed by atoms with Crippen molar-refractivity contribution < 1.29 is 14.3 Å². The van der Waals surface area contributed by atoms with Gasteiger partial charge in [-0.2, -0.15) is 4.80 Å². The maximum absolute atomic E-state index is 12.5. The van der Waals surface area contributed by atoms with Gasteiger partial charge < -0.3 is 14.5 Å². The molecule has 1 aliphatic rings. The molecule has 1 aromatic heterocycles. The number of amides is 2. The number of rotatable bonds is 5. The summed E-state index contributed by atoms with van der Waals surface area (Å²) in [7, 11) is 0. The maximum Gasteiger partial charge on any atom is 0.409 e. The number of aromatic nitrogens is 4. The highest BCUT2D eigenvalue weighted by Gasteiger charge is 2.25. The van der Waals surface area contributed by atoms with Crippen molar-refractivity contribution in [2.45, 2.75) is 33.2 Å². The van der Waals surface area contributed by atoms with Gasteiger partial charge in [0.2, 0.25) is 11.7 Å². The van der Waals surface area contributed by atoms with E-state index >= 15 is 0 Å². The van der Waals surface area contributed by atoms with Crippen LogP contribution in [0.25, 0.3) is 11.4 Å². The highest BCUT2D eigenvalue weighted by atomic mass is 16.6. The van der Waals surface area contributed by atoms with Crippen LogP contribution in [0.3, 0.4) is 0 Å². The molecule has 0 atom stereocenters. The van der Waals surface area contributed by atoms with E-state index in [2.05, 4.69) is 41.4 Å². The second kappa shape index (κ2) is 8.81. The number of nitrogens with zero attached hydrogens (tertiary/aromatic N) is 6. The highest BCUT2D eigenvalue weighted by molar-refractivity contribution is 5.76. The van der Waals surface area contributed by atoms with Crippen LogP contribution in [0.15, 0.2) is 24.3 Å². The molecule has 9 heteroatoms. The Morgan fingerprint density at radius 2 is 1.71 bits per heavy atom. The Labute approximate surface area is 164 Å². The predicted octanol–water partition coefficient (Wildman–Crippen LogP) is 1.76. The van der Waals surface area contributed by atoms with Crippen molar-refractivity contribution in [2.24, 2.45) is 0 Å². The molecule has 2 heterocycles. The van der Waals surface area contributed by atoms with Crippen molar-refractivity contribution in [1.82, 2.24) is 30.0 Å². The molecule has 0 bridgehead atoms. The largest absolute Gasteiger partial charge is 0.450 e. The van der Waals surface area contributed by atoms with Crippen molar-refractivity contribution in [1.29, 1.82) is 0 Å². The molecule has 3 rings (SSSR count). The van der Waals surface area contributed by atoms with Gasteiger partial charge in [-0.3, -0.25) is 4.79 Å². The summed E-state index contributed by atoms with van der Waals surface area (Å²) in [6, 6.07) is 8.03. The van der Waals surface area contributed by atoms with Crippen molar-refractivity contribution in [3.05, 3.63) is 29.8 Å². The molecule has 1 aliphatic heterocycles. The number of carbonyl (C=O) groups is 2. The summed E-state index contributed by atoms with van der Waals surface area (Å²) >= 11 is 0. The van der Waals surface area contributed by atoms with Gasteiger partial charge in [0.05, 0.1) is 6.61 Å². The summed E-state index contributed by atoms with van der Waals surface area (Å²) in [6.07, 6.45) is -0.333. The average molecular weight is 386 g/mol. The Bertz CT molecular complexity index is 809. The summed E-state index contributed by atoms with van der Waals surface area (Å²) in [6.45, 7) is 8.28. The van der Waals surface area contributed by atoms with Gasteiger partial charge in [-0.15, -0.1) is 10.2 Å². The number of piperazine rings is 1. The van der Waals surface area contributed by atoms with E-state index in [0.29, 0.717) is 44.5 Å². The topological polar surface area (TPSA) is 93.5 Å². The van der Waals surface area contributed by atoms with E-state index < -0.39 is 0 Å². The lowest BCUT2D eigenvalue weighted by Gasteiger charge is -2.33. The minimum Gasteiger partial charge on any atom is -0.450 e. The zero-order valence-corrected chi connectivity index (χ0v) is 16.5. The minimum atomic E-state index is -0.333. The van der Waals surface area contributed by atoms with Crippen LogP contribution in [-0.4, -0.2) is 74.8 Å². The molecule has 28 heavy (non-hydrogen) atoms. The van der Waals surface area contributed by atoms with E-state index in [1.165, 1.54) is 10.4 Å². The maximum atomic E-state index is 12.5. The first-order valence-corrected chi connectivity index (χ1v) is 9.55. The number of benzene rings is 1. The third-order valence-electron chi connectivity index (χ3n) is 4.72. The summed E-state index contributed by atoms with van der Waals surface area (Å²) < 4.78 is 4.99. The van der Waals surface area contributed by atoms with Crippen LogP contribution in [0, 0.1) is 0 Å². The predicted molar refractivity (Wildman–Crippen MR) is 103 cm³/mol. The molecule has 0 N–H and O–H groups in total. The van der Waals surface area contributed by atoms with E-state index in [1.807, 2.05) is 12.1 Å². The van der Waals surface area contributed by atoms with Gasteiger partial charge >= 0.3 is 6.09 Å². The third kappa shape index (κ3) is 4.65. The molecular weight excluding hydrogens is 360 g/mol. The second-order valence-electron chi connectivity index (χ2n) is 6.99. The van der Waals surface area contributed by atoms with Crippen molar-refractivity contribution in [3.63, 3.8) is 0 Å². The molecule has 9 nitrogen and oxygen atoms in total. The van der Waals surface area contributed by atoms with Crippen molar-refractivity contribution in [3.8, 4) is 11.4 Å². The third-order valence-corrected chi connectivity index (χ3v) is 4.72.